The van der Waals surface area contributed by atoms with E-state index >= 15 is 0 Å². The average molecular weight is 253 g/mol. The van der Waals surface area contributed by atoms with Crippen molar-refractivity contribution in [3.05, 3.63) is 71.3 Å². The van der Waals surface area contributed by atoms with E-state index < -0.39 is 0 Å². The lowest BCUT2D eigenvalue weighted by molar-refractivity contribution is 0.592. The van der Waals surface area contributed by atoms with Gasteiger partial charge in [-0.3, -0.25) is 0 Å². The molecule has 0 saturated carbocycles. The first-order valence-electron chi connectivity index (χ1n) is 7.11. The Balaban J connectivity index is 2.19. The summed E-state index contributed by atoms with van der Waals surface area (Å²) in [5.74, 6) is 0.545. The average Bonchev–Trinajstić information content (AvgIpc) is 2.45. The highest BCUT2D eigenvalue weighted by Gasteiger charge is 2.13. The third kappa shape index (κ3) is 3.93. The second-order valence-electron chi connectivity index (χ2n) is 5.05. The Morgan fingerprint density at radius 2 is 1.63 bits per heavy atom. The minimum Gasteiger partial charge on any atom is -0.316 e. The van der Waals surface area contributed by atoms with Gasteiger partial charge < -0.3 is 5.32 Å². The molecule has 0 aliphatic heterocycles. The van der Waals surface area contributed by atoms with E-state index in [-0.39, 0.29) is 0 Å². The molecular weight excluding hydrogens is 230 g/mol. The van der Waals surface area contributed by atoms with Crippen LogP contribution in [0.2, 0.25) is 0 Å². The fourth-order valence-electron chi connectivity index (χ4n) is 2.55. The maximum absolute atomic E-state index is 3.49. The van der Waals surface area contributed by atoms with E-state index in [1.807, 2.05) is 0 Å². The summed E-state index contributed by atoms with van der Waals surface area (Å²) in [5, 5.41) is 3.49. The van der Waals surface area contributed by atoms with Crippen molar-refractivity contribution in [2.24, 2.45) is 0 Å². The molecule has 1 nitrogen and oxygen atoms in total. The minimum atomic E-state index is 0.545. The first-order valence-corrected chi connectivity index (χ1v) is 7.11. The van der Waals surface area contributed by atoms with Crippen LogP contribution in [0.5, 0.6) is 0 Å². The normalized spacial score (nSPS) is 12.3. The number of nitrogens with one attached hydrogen (secondary N) is 1. The highest BCUT2D eigenvalue weighted by Crippen LogP contribution is 2.23. The molecule has 1 unspecified atom stereocenters. The summed E-state index contributed by atoms with van der Waals surface area (Å²) in [5.41, 5.74) is 4.27. The molecule has 0 amide bonds. The first-order chi connectivity index (χ1) is 9.31. The molecule has 2 aromatic carbocycles. The molecule has 1 heteroatoms. The van der Waals surface area contributed by atoms with Crippen molar-refractivity contribution in [3.8, 4) is 0 Å². The SMILES string of the molecule is CCNCC(Cc1ccccc1)c1ccccc1C. The molecule has 0 bridgehead atoms. The van der Waals surface area contributed by atoms with Crippen LogP contribution in [0.4, 0.5) is 0 Å². The third-order valence-electron chi connectivity index (χ3n) is 3.59. The van der Waals surface area contributed by atoms with Gasteiger partial charge in [0.25, 0.3) is 0 Å². The summed E-state index contributed by atoms with van der Waals surface area (Å²) in [6.07, 6.45) is 1.10. The highest BCUT2D eigenvalue weighted by molar-refractivity contribution is 5.31. The van der Waals surface area contributed by atoms with Crippen LogP contribution in [0.3, 0.4) is 0 Å². The molecule has 0 spiro atoms. The number of benzene rings is 2. The van der Waals surface area contributed by atoms with Crippen molar-refractivity contribution in [2.45, 2.75) is 26.2 Å². The number of aryl methyl sites for hydroxylation is 1. The van der Waals surface area contributed by atoms with Gasteiger partial charge in [0.15, 0.2) is 0 Å². The summed E-state index contributed by atoms with van der Waals surface area (Å²) in [7, 11) is 0. The number of rotatable bonds is 6. The van der Waals surface area contributed by atoms with Gasteiger partial charge in [0.2, 0.25) is 0 Å². The zero-order valence-electron chi connectivity index (χ0n) is 11.9. The summed E-state index contributed by atoms with van der Waals surface area (Å²) in [4.78, 5) is 0. The second-order valence-corrected chi connectivity index (χ2v) is 5.05. The van der Waals surface area contributed by atoms with Gasteiger partial charge in [-0.15, -0.1) is 0 Å². The van der Waals surface area contributed by atoms with Crippen LogP contribution in [-0.4, -0.2) is 13.1 Å². The van der Waals surface area contributed by atoms with Gasteiger partial charge in [-0.2, -0.15) is 0 Å². The van der Waals surface area contributed by atoms with Crippen LogP contribution in [0.15, 0.2) is 54.6 Å². The Kier molecular flexibility index (Phi) is 5.17. The fourth-order valence-corrected chi connectivity index (χ4v) is 2.55. The Morgan fingerprint density at radius 3 is 2.32 bits per heavy atom. The van der Waals surface area contributed by atoms with Gasteiger partial charge in [0, 0.05) is 12.5 Å². The van der Waals surface area contributed by atoms with E-state index in [1.165, 1.54) is 16.7 Å². The molecule has 100 valence electrons. The lowest BCUT2D eigenvalue weighted by atomic mass is 9.89. The molecule has 1 atom stereocenters. The number of likely N-dealkylation sites (N-methyl/N-ethyl adjacent to an activating group) is 1. The summed E-state index contributed by atoms with van der Waals surface area (Å²) >= 11 is 0. The lowest BCUT2D eigenvalue weighted by Gasteiger charge is -2.20. The van der Waals surface area contributed by atoms with Crippen molar-refractivity contribution < 1.29 is 0 Å². The minimum absolute atomic E-state index is 0.545. The van der Waals surface area contributed by atoms with E-state index in [9.17, 15) is 0 Å². The predicted octanol–water partition coefficient (Wildman–Crippen LogP) is 3.93. The van der Waals surface area contributed by atoms with Gasteiger partial charge in [-0.25, -0.2) is 0 Å². The summed E-state index contributed by atoms with van der Waals surface area (Å²) in [6, 6.07) is 19.5. The largest absolute Gasteiger partial charge is 0.316 e. The van der Waals surface area contributed by atoms with Crippen LogP contribution in [0.1, 0.15) is 29.5 Å². The molecule has 0 aliphatic carbocycles. The third-order valence-corrected chi connectivity index (χ3v) is 3.59. The highest BCUT2D eigenvalue weighted by atomic mass is 14.8. The fraction of sp³-hybridized carbons (Fsp3) is 0.333. The molecule has 0 saturated heterocycles. The Morgan fingerprint density at radius 1 is 0.947 bits per heavy atom. The van der Waals surface area contributed by atoms with Gasteiger partial charge >= 0.3 is 0 Å². The second kappa shape index (κ2) is 7.10. The van der Waals surface area contributed by atoms with Gasteiger partial charge in [-0.05, 0) is 36.6 Å². The van der Waals surface area contributed by atoms with Crippen LogP contribution in [0.25, 0.3) is 0 Å². The van der Waals surface area contributed by atoms with E-state index in [4.69, 9.17) is 0 Å². The summed E-state index contributed by atoms with van der Waals surface area (Å²) in [6.45, 7) is 6.43. The zero-order chi connectivity index (χ0) is 13.5. The molecule has 2 rings (SSSR count). The Bertz CT molecular complexity index is 490. The number of hydrogen-bond donors (Lipinski definition) is 1. The maximum Gasteiger partial charge on any atom is 0.00233 e. The molecule has 0 heterocycles. The monoisotopic (exact) mass is 253 g/mol. The van der Waals surface area contributed by atoms with Crippen LogP contribution in [-0.2, 0) is 6.42 Å². The van der Waals surface area contributed by atoms with Crippen molar-refractivity contribution >= 4 is 0 Å². The Hall–Kier alpha value is -1.60. The van der Waals surface area contributed by atoms with E-state index in [0.717, 1.165) is 19.5 Å². The van der Waals surface area contributed by atoms with E-state index in [1.54, 1.807) is 0 Å². The zero-order valence-corrected chi connectivity index (χ0v) is 11.9. The smallest absolute Gasteiger partial charge is 0.00233 e. The lowest BCUT2D eigenvalue weighted by Crippen LogP contribution is -2.23. The molecule has 1 N–H and O–H groups in total. The van der Waals surface area contributed by atoms with E-state index in [0.29, 0.717) is 5.92 Å². The van der Waals surface area contributed by atoms with Crippen molar-refractivity contribution in [3.63, 3.8) is 0 Å². The van der Waals surface area contributed by atoms with Crippen LogP contribution >= 0.6 is 0 Å². The van der Waals surface area contributed by atoms with E-state index in [2.05, 4.69) is 73.8 Å². The molecule has 0 aromatic heterocycles. The van der Waals surface area contributed by atoms with Crippen molar-refractivity contribution in [2.75, 3.05) is 13.1 Å². The van der Waals surface area contributed by atoms with Crippen molar-refractivity contribution in [1.82, 2.24) is 5.32 Å². The molecule has 0 fully saturated rings. The molecular formula is C18H23N. The van der Waals surface area contributed by atoms with Gasteiger partial charge in [0.05, 0.1) is 0 Å². The predicted molar refractivity (Wildman–Crippen MR) is 82.6 cm³/mol. The standard InChI is InChI=1S/C18H23N/c1-3-19-14-17(13-16-10-5-4-6-11-16)18-12-8-7-9-15(18)2/h4-12,17,19H,3,13-14H2,1-2H3. The summed E-state index contributed by atoms with van der Waals surface area (Å²) < 4.78 is 0. The van der Waals surface area contributed by atoms with Crippen LogP contribution in [0, 0.1) is 6.92 Å². The molecule has 19 heavy (non-hydrogen) atoms. The Labute approximate surface area is 116 Å². The van der Waals surface area contributed by atoms with Gasteiger partial charge in [0.1, 0.15) is 0 Å². The topological polar surface area (TPSA) is 12.0 Å². The van der Waals surface area contributed by atoms with Crippen molar-refractivity contribution in [1.29, 1.82) is 0 Å². The number of hydrogen-bond acceptors (Lipinski definition) is 1. The molecule has 0 aliphatic rings. The van der Waals surface area contributed by atoms with Crippen LogP contribution < -0.4 is 5.32 Å². The van der Waals surface area contributed by atoms with Gasteiger partial charge in [-0.1, -0.05) is 61.5 Å². The molecule has 0 radical (unpaired) electrons. The molecule has 2 aromatic rings. The maximum atomic E-state index is 3.49. The first kappa shape index (κ1) is 13.8. The quantitative estimate of drug-likeness (QED) is 0.822.